The molecule has 0 bridgehead atoms. The van der Waals surface area contributed by atoms with Crippen molar-refractivity contribution in [1.29, 1.82) is 0 Å². The Hall–Kier alpha value is -0.570. The van der Waals surface area contributed by atoms with Crippen LogP contribution in [0.15, 0.2) is 0 Å². The van der Waals surface area contributed by atoms with Crippen LogP contribution < -0.4 is 10.6 Å². The van der Waals surface area contributed by atoms with Crippen molar-refractivity contribution in [3.05, 3.63) is 0 Å². The summed E-state index contributed by atoms with van der Waals surface area (Å²) in [5.74, 6) is 0.122. The lowest BCUT2D eigenvalue weighted by Gasteiger charge is -2.44. The normalized spacial score (nSPS) is 20.5. The zero-order valence-electron chi connectivity index (χ0n) is 12.0. The van der Waals surface area contributed by atoms with Crippen LogP contribution in [0.5, 0.6) is 0 Å². The molecule has 0 aliphatic heterocycles. The van der Waals surface area contributed by atoms with Crippen LogP contribution in [0.4, 0.5) is 0 Å². The minimum Gasteiger partial charge on any atom is -0.350 e. The third kappa shape index (κ3) is 3.70. The van der Waals surface area contributed by atoms with Crippen molar-refractivity contribution in [2.24, 2.45) is 0 Å². The Labute approximate surface area is 106 Å². The van der Waals surface area contributed by atoms with Gasteiger partial charge in [-0.2, -0.15) is 0 Å². The number of rotatable bonds is 6. The molecule has 1 rings (SSSR count). The molecule has 0 aromatic rings. The van der Waals surface area contributed by atoms with E-state index in [1.54, 1.807) is 0 Å². The SMILES string of the molecule is CCC(C)(C)NC(=O)C(C)NC1(CC)CCC1. The van der Waals surface area contributed by atoms with Gasteiger partial charge in [0.05, 0.1) is 6.04 Å². The summed E-state index contributed by atoms with van der Waals surface area (Å²) in [5.41, 5.74) is 0.124. The number of nitrogens with one attached hydrogen (secondary N) is 2. The Balaban J connectivity index is 2.47. The quantitative estimate of drug-likeness (QED) is 0.749. The third-order valence-corrected chi connectivity index (χ3v) is 4.25. The standard InChI is InChI=1S/C14H28N2O/c1-6-13(4,5)16-12(17)11(3)15-14(7-2)9-8-10-14/h11,15H,6-10H2,1-5H3,(H,16,17). The molecule has 0 radical (unpaired) electrons. The molecule has 1 fully saturated rings. The van der Waals surface area contributed by atoms with E-state index in [4.69, 9.17) is 0 Å². The average Bonchev–Trinajstić information content (AvgIpc) is 2.22. The first-order chi connectivity index (χ1) is 7.84. The van der Waals surface area contributed by atoms with Crippen molar-refractivity contribution < 1.29 is 4.79 Å². The van der Waals surface area contributed by atoms with Crippen molar-refractivity contribution in [3.8, 4) is 0 Å². The van der Waals surface area contributed by atoms with Gasteiger partial charge in [-0.25, -0.2) is 0 Å². The van der Waals surface area contributed by atoms with E-state index >= 15 is 0 Å². The predicted molar refractivity (Wildman–Crippen MR) is 72.0 cm³/mol. The number of amides is 1. The van der Waals surface area contributed by atoms with Gasteiger partial charge in [-0.3, -0.25) is 4.79 Å². The molecule has 0 spiro atoms. The van der Waals surface area contributed by atoms with Gasteiger partial charge in [0.25, 0.3) is 0 Å². The summed E-state index contributed by atoms with van der Waals surface area (Å²) in [4.78, 5) is 12.1. The lowest BCUT2D eigenvalue weighted by atomic mass is 9.74. The van der Waals surface area contributed by atoms with Crippen molar-refractivity contribution in [3.63, 3.8) is 0 Å². The largest absolute Gasteiger partial charge is 0.350 e. The van der Waals surface area contributed by atoms with Gasteiger partial charge >= 0.3 is 0 Å². The highest BCUT2D eigenvalue weighted by Crippen LogP contribution is 2.35. The lowest BCUT2D eigenvalue weighted by Crippen LogP contribution is -2.59. The van der Waals surface area contributed by atoms with E-state index in [0.29, 0.717) is 0 Å². The molecule has 3 heteroatoms. The van der Waals surface area contributed by atoms with Gasteiger partial charge in [0.15, 0.2) is 0 Å². The molecule has 17 heavy (non-hydrogen) atoms. The van der Waals surface area contributed by atoms with Crippen molar-refractivity contribution in [1.82, 2.24) is 10.6 Å². The average molecular weight is 240 g/mol. The van der Waals surface area contributed by atoms with Crippen LogP contribution in [0.3, 0.4) is 0 Å². The minimum absolute atomic E-state index is 0.0962. The van der Waals surface area contributed by atoms with Crippen molar-refractivity contribution in [2.75, 3.05) is 0 Å². The van der Waals surface area contributed by atoms with Gasteiger partial charge in [0, 0.05) is 11.1 Å². The first-order valence-corrected chi connectivity index (χ1v) is 6.94. The molecule has 1 saturated carbocycles. The van der Waals surface area contributed by atoms with Gasteiger partial charge in [-0.05, 0) is 52.9 Å². The molecular formula is C14H28N2O. The van der Waals surface area contributed by atoms with E-state index in [9.17, 15) is 4.79 Å². The van der Waals surface area contributed by atoms with Crippen LogP contribution in [0.25, 0.3) is 0 Å². The minimum atomic E-state index is -0.105. The fourth-order valence-electron chi connectivity index (χ4n) is 2.26. The van der Waals surface area contributed by atoms with Crippen LogP contribution >= 0.6 is 0 Å². The Morgan fingerprint density at radius 1 is 1.35 bits per heavy atom. The zero-order valence-corrected chi connectivity index (χ0v) is 12.0. The highest BCUT2D eigenvalue weighted by Gasteiger charge is 2.37. The second kappa shape index (κ2) is 5.38. The van der Waals surface area contributed by atoms with Gasteiger partial charge in [-0.1, -0.05) is 13.8 Å². The summed E-state index contributed by atoms with van der Waals surface area (Å²) in [5, 5.41) is 6.61. The Bertz CT molecular complexity index is 264. The van der Waals surface area contributed by atoms with Crippen molar-refractivity contribution >= 4 is 5.91 Å². The summed E-state index contributed by atoms with van der Waals surface area (Å²) in [6.07, 6.45) is 5.76. The first kappa shape index (κ1) is 14.5. The van der Waals surface area contributed by atoms with E-state index < -0.39 is 0 Å². The second-order valence-corrected chi connectivity index (χ2v) is 6.08. The molecule has 0 heterocycles. The van der Waals surface area contributed by atoms with Crippen LogP contribution in [0.2, 0.25) is 0 Å². The molecule has 0 aromatic heterocycles. The van der Waals surface area contributed by atoms with Gasteiger partial charge in [-0.15, -0.1) is 0 Å². The Morgan fingerprint density at radius 2 is 1.94 bits per heavy atom. The summed E-state index contributed by atoms with van der Waals surface area (Å²) in [6.45, 7) is 10.4. The maximum absolute atomic E-state index is 12.1. The number of carbonyl (C=O) groups is 1. The second-order valence-electron chi connectivity index (χ2n) is 6.08. The Kier molecular flexibility index (Phi) is 4.59. The summed E-state index contributed by atoms with van der Waals surface area (Å²) >= 11 is 0. The smallest absolute Gasteiger partial charge is 0.237 e. The third-order valence-electron chi connectivity index (χ3n) is 4.25. The monoisotopic (exact) mass is 240 g/mol. The van der Waals surface area contributed by atoms with Crippen molar-refractivity contribution in [2.45, 2.75) is 83.8 Å². The molecule has 1 aliphatic carbocycles. The number of carbonyl (C=O) groups excluding carboxylic acids is 1. The molecule has 0 aromatic carbocycles. The predicted octanol–water partition coefficient (Wildman–Crippen LogP) is 2.60. The van der Waals surface area contributed by atoms with Crippen LogP contribution in [0, 0.1) is 0 Å². The van der Waals surface area contributed by atoms with E-state index in [-0.39, 0.29) is 23.0 Å². The summed E-state index contributed by atoms with van der Waals surface area (Å²) < 4.78 is 0. The van der Waals surface area contributed by atoms with Gasteiger partial charge < -0.3 is 10.6 Å². The molecule has 3 nitrogen and oxygen atoms in total. The molecule has 1 aliphatic rings. The molecular weight excluding hydrogens is 212 g/mol. The van der Waals surface area contributed by atoms with Crippen LogP contribution in [0.1, 0.15) is 66.7 Å². The molecule has 100 valence electrons. The fraction of sp³-hybridized carbons (Fsp3) is 0.929. The van der Waals surface area contributed by atoms with E-state index in [1.165, 1.54) is 19.3 Å². The lowest BCUT2D eigenvalue weighted by molar-refractivity contribution is -0.125. The van der Waals surface area contributed by atoms with E-state index in [0.717, 1.165) is 12.8 Å². The molecule has 1 amide bonds. The van der Waals surface area contributed by atoms with Gasteiger partial charge in [0.1, 0.15) is 0 Å². The zero-order chi connectivity index (χ0) is 13.1. The van der Waals surface area contributed by atoms with E-state index in [1.807, 2.05) is 6.92 Å². The van der Waals surface area contributed by atoms with Gasteiger partial charge in [0.2, 0.25) is 5.91 Å². The topological polar surface area (TPSA) is 41.1 Å². The molecule has 1 unspecified atom stereocenters. The maximum atomic E-state index is 12.1. The van der Waals surface area contributed by atoms with Crippen LogP contribution in [-0.2, 0) is 4.79 Å². The Morgan fingerprint density at radius 3 is 2.29 bits per heavy atom. The summed E-state index contributed by atoms with van der Waals surface area (Å²) in [6, 6.07) is -0.0962. The molecule has 2 N–H and O–H groups in total. The number of hydrogen-bond donors (Lipinski definition) is 2. The number of hydrogen-bond acceptors (Lipinski definition) is 2. The van der Waals surface area contributed by atoms with Crippen LogP contribution in [-0.4, -0.2) is 23.0 Å². The maximum Gasteiger partial charge on any atom is 0.237 e. The first-order valence-electron chi connectivity index (χ1n) is 6.94. The molecule has 0 saturated heterocycles. The summed E-state index contributed by atoms with van der Waals surface area (Å²) in [7, 11) is 0. The molecule has 1 atom stereocenters. The highest BCUT2D eigenvalue weighted by molar-refractivity contribution is 5.82. The highest BCUT2D eigenvalue weighted by atomic mass is 16.2. The fourth-order valence-corrected chi connectivity index (χ4v) is 2.26. The van der Waals surface area contributed by atoms with E-state index in [2.05, 4.69) is 38.3 Å².